The maximum absolute atomic E-state index is 14.3. The Labute approximate surface area is 132 Å². The van der Waals surface area contributed by atoms with E-state index in [0.29, 0.717) is 0 Å². The lowest BCUT2D eigenvalue weighted by atomic mass is 9.97. The number of carbonyl (C=O) groups excluding carboxylic acids is 2. The van der Waals surface area contributed by atoms with Gasteiger partial charge in [0.1, 0.15) is 24.9 Å². The van der Waals surface area contributed by atoms with E-state index in [9.17, 15) is 18.4 Å². The fourth-order valence-corrected chi connectivity index (χ4v) is 2.30. The lowest BCUT2D eigenvalue weighted by Crippen LogP contribution is -2.61. The van der Waals surface area contributed by atoms with Gasteiger partial charge in [-0.25, -0.2) is 13.8 Å². The highest BCUT2D eigenvalue weighted by Gasteiger charge is 2.48. The van der Waals surface area contributed by atoms with E-state index in [1.807, 2.05) is 0 Å². The number of nitrogens with zero attached hydrogens (tertiary/aromatic N) is 3. The predicted octanol–water partition coefficient (Wildman–Crippen LogP) is 1.20. The summed E-state index contributed by atoms with van der Waals surface area (Å²) in [6.07, 6.45) is -5.49. The van der Waals surface area contributed by atoms with Crippen LogP contribution >= 0.6 is 0 Å². The number of esters is 2. The van der Waals surface area contributed by atoms with Crippen molar-refractivity contribution in [1.82, 2.24) is 5.01 Å². The summed E-state index contributed by atoms with van der Waals surface area (Å²) in [6, 6.07) is -1.25. The Balaban J connectivity index is 3.07. The van der Waals surface area contributed by atoms with Crippen LogP contribution in [0.15, 0.2) is 10.3 Å². The predicted molar refractivity (Wildman–Crippen MR) is 73.8 cm³/mol. The zero-order chi connectivity index (χ0) is 17.6. The first-order valence-corrected chi connectivity index (χ1v) is 7.06. The molecular formula is C13H21F2N3O5. The van der Waals surface area contributed by atoms with Gasteiger partial charge in [-0.05, 0) is 6.92 Å². The van der Waals surface area contributed by atoms with Crippen LogP contribution < -0.4 is 0 Å². The van der Waals surface area contributed by atoms with Crippen LogP contribution in [0.2, 0.25) is 0 Å². The highest BCUT2D eigenvalue weighted by Crippen LogP contribution is 2.28. The summed E-state index contributed by atoms with van der Waals surface area (Å²) >= 11 is 0. The minimum absolute atomic E-state index is 0.256. The Bertz CT molecular complexity index is 449. The SMILES string of the molecule is C/N=N\N(C(C)F)[C@H]1[C@@H](OC(C)=O)[C@@H](COC(C)=O)OC[C@@H]1F. The molecule has 0 bridgehead atoms. The van der Waals surface area contributed by atoms with Crippen molar-refractivity contribution >= 4 is 11.9 Å². The molecule has 1 aliphatic rings. The van der Waals surface area contributed by atoms with Gasteiger partial charge in [-0.1, -0.05) is 5.22 Å². The first kappa shape index (κ1) is 19.2. The molecule has 10 heteroatoms. The molecule has 0 N–H and O–H groups in total. The van der Waals surface area contributed by atoms with Gasteiger partial charge in [-0.3, -0.25) is 9.59 Å². The smallest absolute Gasteiger partial charge is 0.303 e. The minimum Gasteiger partial charge on any atom is -0.463 e. The van der Waals surface area contributed by atoms with Gasteiger partial charge >= 0.3 is 11.9 Å². The lowest BCUT2D eigenvalue weighted by molar-refractivity contribution is -0.202. The summed E-state index contributed by atoms with van der Waals surface area (Å²) in [7, 11) is 1.30. The van der Waals surface area contributed by atoms with E-state index < -0.39 is 42.7 Å². The fourth-order valence-electron chi connectivity index (χ4n) is 2.30. The zero-order valence-electron chi connectivity index (χ0n) is 13.4. The summed E-state index contributed by atoms with van der Waals surface area (Å²) in [5.41, 5.74) is 0. The minimum atomic E-state index is -1.67. The average molecular weight is 337 g/mol. The first-order chi connectivity index (χ1) is 10.8. The third kappa shape index (κ3) is 5.38. The maximum atomic E-state index is 14.3. The standard InChI is InChI=1S/C13H21F2N3O5/c1-7(14)18(17-16-4)12-10(15)5-22-11(6-21-8(2)19)13(12)23-9(3)20/h7,10-13H,5-6H2,1-4H3/b17-16-/t7?,10-,11+,12+,13-/m0/s1. The Morgan fingerprint density at radius 3 is 2.52 bits per heavy atom. The van der Waals surface area contributed by atoms with Gasteiger partial charge in [0.15, 0.2) is 12.4 Å². The second-order valence-electron chi connectivity index (χ2n) is 5.00. The molecule has 8 nitrogen and oxygen atoms in total. The van der Waals surface area contributed by atoms with Crippen molar-refractivity contribution in [3.05, 3.63) is 0 Å². The number of ether oxygens (including phenoxy) is 3. The largest absolute Gasteiger partial charge is 0.463 e. The van der Waals surface area contributed by atoms with E-state index >= 15 is 0 Å². The number of hydrogen-bond donors (Lipinski definition) is 0. The zero-order valence-corrected chi connectivity index (χ0v) is 13.4. The molecule has 0 spiro atoms. The molecule has 23 heavy (non-hydrogen) atoms. The van der Waals surface area contributed by atoms with Gasteiger partial charge in [0.2, 0.25) is 0 Å². The van der Waals surface area contributed by atoms with Crippen LogP contribution in [-0.4, -0.2) is 67.9 Å². The molecule has 5 atom stereocenters. The Kier molecular flexibility index (Phi) is 7.27. The Morgan fingerprint density at radius 2 is 2.04 bits per heavy atom. The normalized spacial score (nSPS) is 29.1. The molecule has 0 aliphatic carbocycles. The van der Waals surface area contributed by atoms with Crippen LogP contribution in [0, 0.1) is 0 Å². The van der Waals surface area contributed by atoms with Gasteiger partial charge in [0, 0.05) is 13.8 Å². The van der Waals surface area contributed by atoms with Gasteiger partial charge in [0.25, 0.3) is 0 Å². The van der Waals surface area contributed by atoms with E-state index in [1.54, 1.807) is 0 Å². The molecule has 1 fully saturated rings. The van der Waals surface area contributed by atoms with E-state index in [4.69, 9.17) is 14.2 Å². The van der Waals surface area contributed by atoms with Crippen LogP contribution in [0.5, 0.6) is 0 Å². The summed E-state index contributed by atoms with van der Waals surface area (Å²) in [4.78, 5) is 22.3. The van der Waals surface area contributed by atoms with Crippen LogP contribution in [0.3, 0.4) is 0 Å². The number of carbonyl (C=O) groups is 2. The van der Waals surface area contributed by atoms with Gasteiger partial charge < -0.3 is 14.2 Å². The molecule has 0 aromatic carbocycles. The third-order valence-corrected chi connectivity index (χ3v) is 3.16. The molecule has 0 saturated carbocycles. The van der Waals surface area contributed by atoms with Crippen LogP contribution in [0.4, 0.5) is 8.78 Å². The molecule has 1 rings (SSSR count). The third-order valence-electron chi connectivity index (χ3n) is 3.16. The fraction of sp³-hybridized carbons (Fsp3) is 0.846. The number of hydrogen-bond acceptors (Lipinski definition) is 7. The number of rotatable bonds is 6. The summed E-state index contributed by atoms with van der Waals surface area (Å²) < 4.78 is 43.3. The second-order valence-corrected chi connectivity index (χ2v) is 5.00. The van der Waals surface area contributed by atoms with Crippen molar-refractivity contribution < 1.29 is 32.6 Å². The van der Waals surface area contributed by atoms with Crippen LogP contribution in [0.1, 0.15) is 20.8 Å². The second kappa shape index (κ2) is 8.70. The Morgan fingerprint density at radius 1 is 1.39 bits per heavy atom. The van der Waals surface area contributed by atoms with E-state index in [-0.39, 0.29) is 13.2 Å². The molecular weight excluding hydrogens is 316 g/mol. The number of alkyl halides is 2. The topological polar surface area (TPSA) is 89.8 Å². The first-order valence-electron chi connectivity index (χ1n) is 7.06. The van der Waals surface area contributed by atoms with Crippen LogP contribution in [0.25, 0.3) is 0 Å². The molecule has 1 saturated heterocycles. The van der Waals surface area contributed by atoms with E-state index in [2.05, 4.69) is 10.3 Å². The molecule has 132 valence electrons. The van der Waals surface area contributed by atoms with Crippen LogP contribution in [-0.2, 0) is 23.8 Å². The highest BCUT2D eigenvalue weighted by atomic mass is 19.1. The lowest BCUT2D eigenvalue weighted by Gasteiger charge is -2.42. The van der Waals surface area contributed by atoms with Crippen molar-refractivity contribution in [2.75, 3.05) is 20.3 Å². The van der Waals surface area contributed by atoms with Gasteiger partial charge in [-0.15, -0.1) is 0 Å². The molecule has 1 heterocycles. The van der Waals surface area contributed by atoms with Crippen molar-refractivity contribution in [3.8, 4) is 0 Å². The monoisotopic (exact) mass is 337 g/mol. The highest BCUT2D eigenvalue weighted by molar-refractivity contribution is 5.66. The quantitative estimate of drug-likeness (QED) is 0.313. The van der Waals surface area contributed by atoms with E-state index in [1.165, 1.54) is 14.0 Å². The van der Waals surface area contributed by atoms with Crippen molar-refractivity contribution in [2.45, 2.75) is 51.5 Å². The maximum Gasteiger partial charge on any atom is 0.303 e. The molecule has 1 aliphatic heterocycles. The molecule has 1 unspecified atom stereocenters. The van der Waals surface area contributed by atoms with E-state index in [0.717, 1.165) is 18.9 Å². The number of halogens is 2. The summed E-state index contributed by atoms with van der Waals surface area (Å²) in [5, 5.41) is 7.81. The van der Waals surface area contributed by atoms with Crippen molar-refractivity contribution in [2.24, 2.45) is 10.3 Å². The van der Waals surface area contributed by atoms with Crippen molar-refractivity contribution in [1.29, 1.82) is 0 Å². The van der Waals surface area contributed by atoms with Crippen molar-refractivity contribution in [3.63, 3.8) is 0 Å². The summed E-state index contributed by atoms with van der Waals surface area (Å²) in [5.74, 6) is -1.27. The van der Waals surface area contributed by atoms with Gasteiger partial charge in [-0.2, -0.15) is 5.11 Å². The molecule has 0 amide bonds. The Hall–Kier alpha value is -1.84. The average Bonchev–Trinajstić information content (AvgIpc) is 2.44. The summed E-state index contributed by atoms with van der Waals surface area (Å²) in [6.45, 7) is 2.85. The van der Waals surface area contributed by atoms with Gasteiger partial charge in [0.05, 0.1) is 13.7 Å². The molecule has 0 aromatic heterocycles. The molecule has 0 aromatic rings. The molecule has 0 radical (unpaired) electrons.